The summed E-state index contributed by atoms with van der Waals surface area (Å²) in [6.45, 7) is 7.32. The van der Waals surface area contributed by atoms with Crippen LogP contribution in [-0.2, 0) is 14.8 Å². The summed E-state index contributed by atoms with van der Waals surface area (Å²) >= 11 is 0. The first kappa shape index (κ1) is 19.0. The van der Waals surface area contributed by atoms with Gasteiger partial charge in [0.05, 0.1) is 11.9 Å². The fraction of sp³-hybridized carbons (Fsp3) is 0.316. The fourth-order valence-corrected chi connectivity index (χ4v) is 3.91. The average molecular weight is 360 g/mol. The van der Waals surface area contributed by atoms with E-state index in [1.165, 1.54) is 0 Å². The van der Waals surface area contributed by atoms with Crippen molar-refractivity contribution in [2.24, 2.45) is 0 Å². The van der Waals surface area contributed by atoms with Gasteiger partial charge in [0.2, 0.25) is 15.9 Å². The Bertz CT molecular complexity index is 854. The van der Waals surface area contributed by atoms with E-state index in [1.807, 2.05) is 51.1 Å². The van der Waals surface area contributed by atoms with Gasteiger partial charge in [-0.05, 0) is 51.0 Å². The van der Waals surface area contributed by atoms with Crippen LogP contribution in [0.2, 0.25) is 0 Å². The Morgan fingerprint density at radius 3 is 2.00 bits per heavy atom. The summed E-state index contributed by atoms with van der Waals surface area (Å²) in [5, 5.41) is 2.87. The van der Waals surface area contributed by atoms with E-state index in [-0.39, 0.29) is 5.91 Å². The summed E-state index contributed by atoms with van der Waals surface area (Å²) in [5.41, 5.74) is 4.07. The zero-order valence-corrected chi connectivity index (χ0v) is 16.0. The summed E-state index contributed by atoms with van der Waals surface area (Å²) in [4.78, 5) is 12.7. The molecule has 1 amide bonds. The molecule has 25 heavy (non-hydrogen) atoms. The minimum absolute atomic E-state index is 0.372. The third-order valence-corrected chi connectivity index (χ3v) is 5.35. The van der Waals surface area contributed by atoms with Gasteiger partial charge in [0.1, 0.15) is 6.04 Å². The quantitative estimate of drug-likeness (QED) is 0.888. The first-order chi connectivity index (χ1) is 11.6. The summed E-state index contributed by atoms with van der Waals surface area (Å²) in [6, 6.07) is 11.9. The van der Waals surface area contributed by atoms with Crippen LogP contribution in [0.15, 0.2) is 42.5 Å². The lowest BCUT2D eigenvalue weighted by Gasteiger charge is -2.28. The highest BCUT2D eigenvalue weighted by Gasteiger charge is 2.29. The van der Waals surface area contributed by atoms with E-state index in [4.69, 9.17) is 0 Å². The van der Waals surface area contributed by atoms with E-state index in [9.17, 15) is 13.2 Å². The molecule has 0 bridgehead atoms. The van der Waals surface area contributed by atoms with Crippen molar-refractivity contribution in [2.75, 3.05) is 15.9 Å². The number of benzene rings is 2. The highest BCUT2D eigenvalue weighted by atomic mass is 32.2. The van der Waals surface area contributed by atoms with Crippen molar-refractivity contribution < 1.29 is 13.2 Å². The maximum atomic E-state index is 12.7. The van der Waals surface area contributed by atoms with E-state index in [2.05, 4.69) is 5.32 Å². The molecule has 2 rings (SSSR count). The number of carbonyl (C=O) groups is 1. The predicted molar refractivity (Wildman–Crippen MR) is 103 cm³/mol. The van der Waals surface area contributed by atoms with E-state index >= 15 is 0 Å². The van der Waals surface area contributed by atoms with Crippen LogP contribution in [0.3, 0.4) is 0 Å². The molecule has 2 aromatic carbocycles. The molecule has 0 spiro atoms. The van der Waals surface area contributed by atoms with E-state index in [0.29, 0.717) is 5.69 Å². The van der Waals surface area contributed by atoms with Crippen molar-refractivity contribution in [3.05, 3.63) is 59.2 Å². The normalized spacial score (nSPS) is 12.5. The number of nitrogens with one attached hydrogen (secondary N) is 1. The number of rotatable bonds is 5. The highest BCUT2D eigenvalue weighted by molar-refractivity contribution is 7.92. The zero-order chi connectivity index (χ0) is 18.8. The SMILES string of the molecule is Cc1ccc(N([C@H](C)C(=O)Nc2c(C)cccc2C)S(C)(=O)=O)cc1. The molecule has 0 aliphatic heterocycles. The number of nitrogens with zero attached hydrogens (tertiary/aromatic N) is 1. The zero-order valence-electron chi connectivity index (χ0n) is 15.2. The van der Waals surface area contributed by atoms with Crippen molar-refractivity contribution in [1.82, 2.24) is 0 Å². The van der Waals surface area contributed by atoms with Crippen LogP contribution < -0.4 is 9.62 Å². The molecule has 2 aromatic rings. The molecule has 0 saturated carbocycles. The van der Waals surface area contributed by atoms with Gasteiger partial charge in [0.25, 0.3) is 0 Å². The average Bonchev–Trinajstić information content (AvgIpc) is 2.51. The second kappa shape index (κ2) is 7.27. The molecule has 134 valence electrons. The van der Waals surface area contributed by atoms with Gasteiger partial charge in [-0.15, -0.1) is 0 Å². The topological polar surface area (TPSA) is 66.5 Å². The second-order valence-electron chi connectivity index (χ2n) is 6.33. The molecule has 1 N–H and O–H groups in total. The summed E-state index contributed by atoms with van der Waals surface area (Å²) < 4.78 is 25.7. The third kappa shape index (κ3) is 4.39. The predicted octanol–water partition coefficient (Wildman–Crippen LogP) is 3.41. The van der Waals surface area contributed by atoms with E-state index in [0.717, 1.165) is 32.9 Å². The van der Waals surface area contributed by atoms with Crippen molar-refractivity contribution in [3.8, 4) is 0 Å². The number of carbonyl (C=O) groups excluding carboxylic acids is 1. The molecule has 6 heteroatoms. The molecule has 0 unspecified atom stereocenters. The van der Waals surface area contributed by atoms with Crippen molar-refractivity contribution in [3.63, 3.8) is 0 Å². The highest BCUT2D eigenvalue weighted by Crippen LogP contribution is 2.24. The van der Waals surface area contributed by atoms with Gasteiger partial charge >= 0.3 is 0 Å². The van der Waals surface area contributed by atoms with E-state index in [1.54, 1.807) is 19.1 Å². The summed E-state index contributed by atoms with van der Waals surface area (Å²) in [7, 11) is -3.62. The molecule has 1 atom stereocenters. The smallest absolute Gasteiger partial charge is 0.248 e. The number of hydrogen-bond donors (Lipinski definition) is 1. The molecule has 5 nitrogen and oxygen atoms in total. The summed E-state index contributed by atoms with van der Waals surface area (Å²) in [6.07, 6.45) is 1.11. The van der Waals surface area contributed by atoms with Gasteiger partial charge in [0.15, 0.2) is 0 Å². The minimum Gasteiger partial charge on any atom is -0.324 e. The molecule has 0 radical (unpaired) electrons. The Hall–Kier alpha value is -2.34. The molecule has 0 aliphatic carbocycles. The van der Waals surface area contributed by atoms with Crippen LogP contribution in [0.1, 0.15) is 23.6 Å². The van der Waals surface area contributed by atoms with Crippen LogP contribution in [0.4, 0.5) is 11.4 Å². The first-order valence-corrected chi connectivity index (χ1v) is 9.89. The Balaban J connectivity index is 2.35. The Kier molecular flexibility index (Phi) is 5.52. The monoisotopic (exact) mass is 360 g/mol. The van der Waals surface area contributed by atoms with Gasteiger partial charge in [0, 0.05) is 5.69 Å². The number of anilines is 2. The fourth-order valence-electron chi connectivity index (χ4n) is 2.74. The molecule has 0 saturated heterocycles. The minimum atomic E-state index is -3.62. The first-order valence-electron chi connectivity index (χ1n) is 8.04. The molecular formula is C19H24N2O3S. The number of sulfonamides is 1. The van der Waals surface area contributed by atoms with Gasteiger partial charge in [-0.2, -0.15) is 0 Å². The molecule has 0 aliphatic rings. The van der Waals surface area contributed by atoms with Gasteiger partial charge in [-0.3, -0.25) is 9.10 Å². The summed E-state index contributed by atoms with van der Waals surface area (Å²) in [5.74, 6) is -0.372. The van der Waals surface area contributed by atoms with E-state index < -0.39 is 16.1 Å². The van der Waals surface area contributed by atoms with Gasteiger partial charge in [-0.25, -0.2) is 8.42 Å². The van der Waals surface area contributed by atoms with Crippen molar-refractivity contribution in [1.29, 1.82) is 0 Å². The molecule has 0 fully saturated rings. The lowest BCUT2D eigenvalue weighted by atomic mass is 10.1. The molecule has 0 aromatic heterocycles. The Labute approximate surface area is 149 Å². The van der Waals surface area contributed by atoms with Gasteiger partial charge in [-0.1, -0.05) is 35.9 Å². The molecule has 0 heterocycles. The maximum absolute atomic E-state index is 12.7. The van der Waals surface area contributed by atoms with Crippen LogP contribution in [0.5, 0.6) is 0 Å². The van der Waals surface area contributed by atoms with Crippen LogP contribution in [0, 0.1) is 20.8 Å². The second-order valence-corrected chi connectivity index (χ2v) is 8.19. The number of aryl methyl sites for hydroxylation is 3. The largest absolute Gasteiger partial charge is 0.324 e. The number of para-hydroxylation sites is 1. The van der Waals surface area contributed by atoms with Crippen LogP contribution >= 0.6 is 0 Å². The third-order valence-electron chi connectivity index (χ3n) is 4.11. The van der Waals surface area contributed by atoms with Gasteiger partial charge < -0.3 is 5.32 Å². The van der Waals surface area contributed by atoms with Crippen LogP contribution in [-0.4, -0.2) is 26.6 Å². The Morgan fingerprint density at radius 1 is 1.00 bits per heavy atom. The number of hydrogen-bond acceptors (Lipinski definition) is 3. The Morgan fingerprint density at radius 2 is 1.52 bits per heavy atom. The maximum Gasteiger partial charge on any atom is 0.248 e. The lowest BCUT2D eigenvalue weighted by Crippen LogP contribution is -2.45. The number of amides is 1. The lowest BCUT2D eigenvalue weighted by molar-refractivity contribution is -0.116. The van der Waals surface area contributed by atoms with Crippen molar-refractivity contribution >= 4 is 27.3 Å². The van der Waals surface area contributed by atoms with Crippen LogP contribution in [0.25, 0.3) is 0 Å². The van der Waals surface area contributed by atoms with Crippen molar-refractivity contribution in [2.45, 2.75) is 33.7 Å². The molecular weight excluding hydrogens is 336 g/mol. The standard InChI is InChI=1S/C19H24N2O3S/c1-13-9-11-17(12-10-13)21(25(5,23)24)16(4)19(22)20-18-14(2)7-6-8-15(18)3/h6-12,16H,1-5H3,(H,20,22)/t16-/m1/s1.